The van der Waals surface area contributed by atoms with E-state index in [-0.39, 0.29) is 11.8 Å². The Balaban J connectivity index is 1.83. The van der Waals surface area contributed by atoms with E-state index in [0.717, 1.165) is 11.4 Å². The number of halogens is 1. The molecule has 0 radical (unpaired) electrons. The van der Waals surface area contributed by atoms with Gasteiger partial charge in [0, 0.05) is 32.0 Å². The Hall–Kier alpha value is -2.56. The first-order valence-electron chi connectivity index (χ1n) is 7.12. The zero-order valence-electron chi connectivity index (χ0n) is 12.8. The number of amides is 2. The van der Waals surface area contributed by atoms with Crippen LogP contribution in [0.3, 0.4) is 0 Å². The van der Waals surface area contributed by atoms with Gasteiger partial charge in [0.05, 0.1) is 0 Å². The average Bonchev–Trinajstić information content (AvgIpc) is 2.49. The molecule has 2 aromatic rings. The lowest BCUT2D eigenvalue weighted by atomic mass is 10.1. The van der Waals surface area contributed by atoms with E-state index in [0.29, 0.717) is 18.5 Å². The Morgan fingerprint density at radius 3 is 2.64 bits per heavy atom. The molecule has 0 spiro atoms. The highest BCUT2D eigenvalue weighted by Crippen LogP contribution is 2.17. The van der Waals surface area contributed by atoms with E-state index in [2.05, 4.69) is 10.6 Å². The first-order valence-corrected chi connectivity index (χ1v) is 7.12. The van der Waals surface area contributed by atoms with Crippen molar-refractivity contribution < 1.29 is 9.18 Å². The monoisotopic (exact) mass is 301 g/mol. The van der Waals surface area contributed by atoms with Crippen LogP contribution in [0.25, 0.3) is 0 Å². The zero-order valence-corrected chi connectivity index (χ0v) is 12.8. The van der Waals surface area contributed by atoms with Gasteiger partial charge in [-0.15, -0.1) is 0 Å². The molecular formula is C17H20FN3O. The molecule has 116 valence electrons. The fourth-order valence-electron chi connectivity index (χ4n) is 2.05. The third kappa shape index (κ3) is 4.48. The Labute approximate surface area is 129 Å². The van der Waals surface area contributed by atoms with Crippen LogP contribution in [0, 0.1) is 5.82 Å². The van der Waals surface area contributed by atoms with Gasteiger partial charge in [-0.2, -0.15) is 0 Å². The molecule has 0 atom stereocenters. The number of nitrogens with one attached hydrogen (secondary N) is 2. The van der Waals surface area contributed by atoms with Crippen LogP contribution in [0.4, 0.5) is 20.6 Å². The summed E-state index contributed by atoms with van der Waals surface area (Å²) in [5.41, 5.74) is 2.32. The van der Waals surface area contributed by atoms with Crippen LogP contribution in [-0.2, 0) is 6.42 Å². The maximum absolute atomic E-state index is 13.4. The van der Waals surface area contributed by atoms with E-state index < -0.39 is 0 Å². The highest BCUT2D eigenvalue weighted by atomic mass is 19.1. The lowest BCUT2D eigenvalue weighted by Crippen LogP contribution is -2.30. The van der Waals surface area contributed by atoms with Gasteiger partial charge in [0.1, 0.15) is 5.82 Å². The Kier molecular flexibility index (Phi) is 5.36. The predicted molar refractivity (Wildman–Crippen MR) is 87.9 cm³/mol. The van der Waals surface area contributed by atoms with E-state index in [9.17, 15) is 9.18 Å². The molecule has 0 heterocycles. The van der Waals surface area contributed by atoms with Crippen molar-refractivity contribution in [3.8, 4) is 0 Å². The standard InChI is InChI=1S/C17H20FN3O/c1-21(2)15-8-5-7-14(12-15)20-17(22)19-11-10-13-6-3-4-9-16(13)18/h3-9,12H,10-11H2,1-2H3,(H2,19,20,22). The number of hydrogen-bond donors (Lipinski definition) is 2. The molecule has 0 aliphatic heterocycles. The second-order valence-corrected chi connectivity index (χ2v) is 5.17. The number of hydrogen-bond acceptors (Lipinski definition) is 2. The van der Waals surface area contributed by atoms with E-state index in [1.807, 2.05) is 43.3 Å². The number of anilines is 2. The molecule has 0 unspecified atom stereocenters. The number of benzene rings is 2. The van der Waals surface area contributed by atoms with Crippen molar-refractivity contribution in [2.24, 2.45) is 0 Å². The molecule has 4 nitrogen and oxygen atoms in total. The van der Waals surface area contributed by atoms with Crippen LogP contribution < -0.4 is 15.5 Å². The van der Waals surface area contributed by atoms with Gasteiger partial charge in [0.2, 0.25) is 0 Å². The van der Waals surface area contributed by atoms with Crippen molar-refractivity contribution >= 4 is 17.4 Å². The molecule has 0 aliphatic rings. The van der Waals surface area contributed by atoms with Gasteiger partial charge in [-0.05, 0) is 36.2 Å². The number of rotatable bonds is 5. The van der Waals surface area contributed by atoms with Gasteiger partial charge in [0.15, 0.2) is 0 Å². The van der Waals surface area contributed by atoms with E-state index >= 15 is 0 Å². The maximum atomic E-state index is 13.4. The van der Waals surface area contributed by atoms with Crippen LogP contribution in [0.1, 0.15) is 5.56 Å². The largest absolute Gasteiger partial charge is 0.378 e. The van der Waals surface area contributed by atoms with Crippen LogP contribution >= 0.6 is 0 Å². The second kappa shape index (κ2) is 7.45. The number of carbonyl (C=O) groups excluding carboxylic acids is 1. The molecule has 0 aromatic heterocycles. The SMILES string of the molecule is CN(C)c1cccc(NC(=O)NCCc2ccccc2F)c1. The van der Waals surface area contributed by atoms with E-state index in [1.54, 1.807) is 18.2 Å². The summed E-state index contributed by atoms with van der Waals surface area (Å²) in [6, 6.07) is 13.8. The third-order valence-corrected chi connectivity index (χ3v) is 3.26. The number of urea groups is 1. The van der Waals surface area contributed by atoms with Crippen LogP contribution in [0.15, 0.2) is 48.5 Å². The minimum atomic E-state index is -0.299. The van der Waals surface area contributed by atoms with Gasteiger partial charge >= 0.3 is 6.03 Å². The lowest BCUT2D eigenvalue weighted by molar-refractivity contribution is 0.252. The van der Waals surface area contributed by atoms with Crippen LogP contribution in [-0.4, -0.2) is 26.7 Å². The molecule has 0 aliphatic carbocycles. The molecule has 2 rings (SSSR count). The molecule has 2 N–H and O–H groups in total. The van der Waals surface area contributed by atoms with Gasteiger partial charge in [-0.3, -0.25) is 0 Å². The quantitative estimate of drug-likeness (QED) is 0.890. The second-order valence-electron chi connectivity index (χ2n) is 5.17. The zero-order chi connectivity index (χ0) is 15.9. The molecule has 2 amide bonds. The number of carbonyl (C=O) groups is 1. The highest BCUT2D eigenvalue weighted by molar-refractivity contribution is 5.89. The average molecular weight is 301 g/mol. The minimum Gasteiger partial charge on any atom is -0.378 e. The Morgan fingerprint density at radius 2 is 1.91 bits per heavy atom. The van der Waals surface area contributed by atoms with Crippen LogP contribution in [0.5, 0.6) is 0 Å². The minimum absolute atomic E-state index is 0.247. The van der Waals surface area contributed by atoms with Crippen molar-refractivity contribution in [1.29, 1.82) is 0 Å². The molecule has 2 aromatic carbocycles. The molecule has 0 saturated carbocycles. The van der Waals surface area contributed by atoms with Crippen molar-refractivity contribution in [2.75, 3.05) is 30.9 Å². The third-order valence-electron chi connectivity index (χ3n) is 3.26. The topological polar surface area (TPSA) is 44.4 Å². The molecule has 0 fully saturated rings. The van der Waals surface area contributed by atoms with E-state index in [4.69, 9.17) is 0 Å². The molecule has 0 bridgehead atoms. The maximum Gasteiger partial charge on any atom is 0.319 e. The van der Waals surface area contributed by atoms with Gasteiger partial charge in [0.25, 0.3) is 0 Å². The van der Waals surface area contributed by atoms with E-state index in [1.165, 1.54) is 6.07 Å². The Morgan fingerprint density at radius 1 is 1.14 bits per heavy atom. The summed E-state index contributed by atoms with van der Waals surface area (Å²) in [5, 5.41) is 5.49. The lowest BCUT2D eigenvalue weighted by Gasteiger charge is -2.14. The summed E-state index contributed by atoms with van der Waals surface area (Å²) >= 11 is 0. The van der Waals surface area contributed by atoms with Crippen molar-refractivity contribution in [1.82, 2.24) is 5.32 Å². The molecular weight excluding hydrogens is 281 g/mol. The van der Waals surface area contributed by atoms with Crippen LogP contribution in [0.2, 0.25) is 0 Å². The summed E-state index contributed by atoms with van der Waals surface area (Å²) in [7, 11) is 3.88. The first kappa shape index (κ1) is 15.8. The smallest absolute Gasteiger partial charge is 0.319 e. The normalized spacial score (nSPS) is 10.1. The van der Waals surface area contributed by atoms with Crippen molar-refractivity contribution in [2.45, 2.75) is 6.42 Å². The molecule has 5 heteroatoms. The highest BCUT2D eigenvalue weighted by Gasteiger charge is 2.04. The summed E-state index contributed by atoms with van der Waals surface area (Å²) < 4.78 is 13.4. The fourth-order valence-corrected chi connectivity index (χ4v) is 2.05. The van der Waals surface area contributed by atoms with Gasteiger partial charge in [-0.25, -0.2) is 9.18 Å². The van der Waals surface area contributed by atoms with Crippen molar-refractivity contribution in [3.05, 3.63) is 59.9 Å². The summed E-state index contributed by atoms with van der Waals surface area (Å²) in [5.74, 6) is -0.247. The summed E-state index contributed by atoms with van der Waals surface area (Å²) in [6.45, 7) is 0.375. The molecule has 0 saturated heterocycles. The predicted octanol–water partition coefficient (Wildman–Crippen LogP) is 3.26. The summed E-state index contributed by atoms with van der Waals surface area (Å²) in [6.07, 6.45) is 0.456. The van der Waals surface area contributed by atoms with Crippen molar-refractivity contribution in [3.63, 3.8) is 0 Å². The fraction of sp³-hybridized carbons (Fsp3) is 0.235. The summed E-state index contributed by atoms with van der Waals surface area (Å²) in [4.78, 5) is 13.8. The van der Waals surface area contributed by atoms with Gasteiger partial charge in [-0.1, -0.05) is 24.3 Å². The van der Waals surface area contributed by atoms with Gasteiger partial charge < -0.3 is 15.5 Å². The number of nitrogens with zero attached hydrogens (tertiary/aromatic N) is 1. The molecule has 22 heavy (non-hydrogen) atoms. The Bertz CT molecular complexity index is 643. The first-order chi connectivity index (χ1) is 10.6.